The van der Waals surface area contributed by atoms with Gasteiger partial charge in [0.15, 0.2) is 0 Å². The molecule has 0 atom stereocenters. The zero-order chi connectivity index (χ0) is 16.4. The Morgan fingerprint density at radius 1 is 0.913 bits per heavy atom. The van der Waals surface area contributed by atoms with Crippen LogP contribution in [-0.2, 0) is 27.3 Å². The van der Waals surface area contributed by atoms with Crippen LogP contribution in [0.25, 0.3) is 0 Å². The molecule has 0 saturated heterocycles. The summed E-state index contributed by atoms with van der Waals surface area (Å²) in [6.07, 6.45) is 3.63. The molecule has 2 aromatic rings. The van der Waals surface area contributed by atoms with Crippen LogP contribution in [0.4, 0.5) is 5.69 Å². The van der Waals surface area contributed by atoms with Gasteiger partial charge < -0.3 is 0 Å². The molecule has 0 amide bonds. The van der Waals surface area contributed by atoms with Gasteiger partial charge in [-0.15, -0.1) is 0 Å². The van der Waals surface area contributed by atoms with Crippen molar-refractivity contribution in [3.63, 3.8) is 0 Å². The molecule has 0 saturated carbocycles. The molecule has 0 spiro atoms. The molecule has 3 heteroatoms. The van der Waals surface area contributed by atoms with Crippen molar-refractivity contribution in [3.8, 4) is 0 Å². The van der Waals surface area contributed by atoms with Gasteiger partial charge in [-0.2, -0.15) is 0 Å². The van der Waals surface area contributed by atoms with Crippen molar-refractivity contribution >= 4 is 11.9 Å². The largest absolute Gasteiger partial charge is 0.255 e. The minimum atomic E-state index is 0. The Morgan fingerprint density at radius 2 is 1.61 bits per heavy atom. The van der Waals surface area contributed by atoms with Gasteiger partial charge in [-0.1, -0.05) is 59.7 Å². The average molecular weight is 353 g/mol. The van der Waals surface area contributed by atoms with Gasteiger partial charge in [-0.25, -0.2) is 0 Å². The van der Waals surface area contributed by atoms with Crippen LogP contribution in [0.2, 0.25) is 0 Å². The minimum absolute atomic E-state index is 0. The van der Waals surface area contributed by atoms with E-state index in [1.54, 1.807) is 6.20 Å². The van der Waals surface area contributed by atoms with E-state index in [1.165, 1.54) is 11.1 Å². The molecular weight excluding hydrogens is 327 g/mol. The molecular formula is C20H26N2Ni. The van der Waals surface area contributed by atoms with Gasteiger partial charge in [-0.05, 0) is 40.2 Å². The summed E-state index contributed by atoms with van der Waals surface area (Å²) in [6, 6.07) is 12.5. The quantitative estimate of drug-likeness (QED) is 0.522. The summed E-state index contributed by atoms with van der Waals surface area (Å²) < 4.78 is 0. The van der Waals surface area contributed by atoms with Crippen LogP contribution in [-0.4, -0.2) is 11.2 Å². The predicted molar refractivity (Wildman–Crippen MR) is 95.3 cm³/mol. The molecule has 0 aliphatic heterocycles. The van der Waals surface area contributed by atoms with Gasteiger partial charge in [-0.3, -0.25) is 9.98 Å². The van der Waals surface area contributed by atoms with E-state index in [4.69, 9.17) is 4.99 Å². The molecule has 0 aliphatic carbocycles. The van der Waals surface area contributed by atoms with E-state index in [9.17, 15) is 0 Å². The molecule has 1 aromatic carbocycles. The number of aromatic nitrogens is 1. The molecule has 23 heavy (non-hydrogen) atoms. The van der Waals surface area contributed by atoms with Crippen LogP contribution in [0, 0.1) is 0 Å². The summed E-state index contributed by atoms with van der Waals surface area (Å²) in [4.78, 5) is 9.04. The third-order valence-electron chi connectivity index (χ3n) is 3.70. The zero-order valence-corrected chi connectivity index (χ0v) is 15.8. The fourth-order valence-electron chi connectivity index (χ4n) is 2.33. The van der Waals surface area contributed by atoms with E-state index in [0.717, 1.165) is 11.4 Å². The van der Waals surface area contributed by atoms with Crippen molar-refractivity contribution in [2.45, 2.75) is 52.4 Å². The van der Waals surface area contributed by atoms with E-state index < -0.39 is 0 Å². The Bertz CT molecular complexity index is 662. The topological polar surface area (TPSA) is 25.2 Å². The van der Waals surface area contributed by atoms with E-state index in [0.29, 0.717) is 0 Å². The summed E-state index contributed by atoms with van der Waals surface area (Å²) in [7, 11) is 0. The maximum Gasteiger partial charge on any atom is 0.0812 e. The summed E-state index contributed by atoms with van der Waals surface area (Å²) in [6.45, 7) is 13.3. The van der Waals surface area contributed by atoms with Crippen molar-refractivity contribution in [1.82, 2.24) is 4.98 Å². The SMILES string of the molecule is CC(C)(C)c1ccc(C(C)(C)C)c(N=Cc2ccccn2)c1.[Ni]. The van der Waals surface area contributed by atoms with Gasteiger partial charge in [0.25, 0.3) is 0 Å². The standard InChI is InChI=1S/C20H26N2.Ni/c1-19(2,3)15-10-11-17(20(4,5)6)18(13-15)22-14-16-9-7-8-12-21-16;/h7-14H,1-6H3;. The number of nitrogens with zero attached hydrogens (tertiary/aromatic N) is 2. The first-order valence-corrected chi connectivity index (χ1v) is 7.78. The fourth-order valence-corrected chi connectivity index (χ4v) is 2.33. The number of hydrogen-bond donors (Lipinski definition) is 0. The van der Waals surface area contributed by atoms with E-state index >= 15 is 0 Å². The number of aliphatic imine (C=N–C) groups is 1. The maximum absolute atomic E-state index is 4.73. The van der Waals surface area contributed by atoms with Gasteiger partial charge in [0.05, 0.1) is 17.6 Å². The van der Waals surface area contributed by atoms with E-state index in [-0.39, 0.29) is 27.3 Å². The van der Waals surface area contributed by atoms with Crippen LogP contribution in [0.5, 0.6) is 0 Å². The number of hydrogen-bond acceptors (Lipinski definition) is 2. The Labute approximate surface area is 150 Å². The Morgan fingerprint density at radius 3 is 2.13 bits per heavy atom. The fraction of sp³-hybridized carbons (Fsp3) is 0.400. The van der Waals surface area contributed by atoms with Gasteiger partial charge in [0.1, 0.15) is 0 Å². The Kier molecular flexibility index (Phi) is 6.30. The van der Waals surface area contributed by atoms with Crippen molar-refractivity contribution in [2.75, 3.05) is 0 Å². The number of benzene rings is 1. The molecule has 0 N–H and O–H groups in total. The van der Waals surface area contributed by atoms with Crippen molar-refractivity contribution in [2.24, 2.45) is 4.99 Å². The molecule has 1 aromatic heterocycles. The third-order valence-corrected chi connectivity index (χ3v) is 3.70. The first-order valence-electron chi connectivity index (χ1n) is 7.78. The molecule has 2 rings (SSSR count). The Hall–Kier alpha value is -1.47. The molecule has 126 valence electrons. The minimum Gasteiger partial charge on any atom is -0.255 e. The van der Waals surface area contributed by atoms with Crippen molar-refractivity contribution in [1.29, 1.82) is 0 Å². The molecule has 0 fully saturated rings. The van der Waals surface area contributed by atoms with E-state index in [1.807, 2.05) is 24.4 Å². The maximum atomic E-state index is 4.73. The van der Waals surface area contributed by atoms with Crippen LogP contribution in [0.3, 0.4) is 0 Å². The number of rotatable bonds is 2. The molecule has 0 bridgehead atoms. The summed E-state index contributed by atoms with van der Waals surface area (Å²) in [5.74, 6) is 0. The van der Waals surface area contributed by atoms with Crippen LogP contribution < -0.4 is 0 Å². The summed E-state index contributed by atoms with van der Waals surface area (Å²) in [5.41, 5.74) is 4.65. The Balaban J connectivity index is 0.00000264. The molecule has 2 nitrogen and oxygen atoms in total. The third kappa shape index (κ3) is 5.28. The normalized spacial score (nSPS) is 12.3. The number of pyridine rings is 1. The predicted octanol–water partition coefficient (Wildman–Crippen LogP) is 5.42. The molecule has 0 radical (unpaired) electrons. The molecule has 0 aliphatic rings. The van der Waals surface area contributed by atoms with Crippen molar-refractivity contribution in [3.05, 3.63) is 59.4 Å². The average Bonchev–Trinajstić information content (AvgIpc) is 2.44. The first kappa shape index (κ1) is 19.6. The molecule has 0 unspecified atom stereocenters. The second-order valence-electron chi connectivity index (χ2n) is 7.74. The monoisotopic (exact) mass is 352 g/mol. The van der Waals surface area contributed by atoms with Crippen LogP contribution >= 0.6 is 0 Å². The van der Waals surface area contributed by atoms with Crippen molar-refractivity contribution < 1.29 is 16.5 Å². The summed E-state index contributed by atoms with van der Waals surface area (Å²) in [5, 5.41) is 0. The van der Waals surface area contributed by atoms with Crippen LogP contribution in [0.15, 0.2) is 47.6 Å². The van der Waals surface area contributed by atoms with Gasteiger partial charge in [0, 0.05) is 22.7 Å². The second kappa shape index (κ2) is 7.40. The second-order valence-corrected chi connectivity index (χ2v) is 7.74. The van der Waals surface area contributed by atoms with Gasteiger partial charge in [0.2, 0.25) is 0 Å². The first-order chi connectivity index (χ1) is 10.2. The van der Waals surface area contributed by atoms with E-state index in [2.05, 4.69) is 64.7 Å². The molecule has 1 heterocycles. The summed E-state index contributed by atoms with van der Waals surface area (Å²) >= 11 is 0. The van der Waals surface area contributed by atoms with Crippen LogP contribution in [0.1, 0.15) is 58.4 Å². The smallest absolute Gasteiger partial charge is 0.0812 e. The zero-order valence-electron chi connectivity index (χ0n) is 14.8. The van der Waals surface area contributed by atoms with Gasteiger partial charge >= 0.3 is 0 Å².